The van der Waals surface area contributed by atoms with Gasteiger partial charge in [0.05, 0.1) is 21.2 Å². The molecule has 0 amide bonds. The number of hydrazone groups is 1. The van der Waals surface area contributed by atoms with Gasteiger partial charge >= 0.3 is 0 Å². The fraction of sp³-hybridized carbons (Fsp3) is 0. The van der Waals surface area contributed by atoms with Crippen molar-refractivity contribution in [1.82, 2.24) is 4.83 Å². The van der Waals surface area contributed by atoms with E-state index < -0.39 is 10.0 Å². The molecule has 2 aromatic carbocycles. The van der Waals surface area contributed by atoms with E-state index in [4.69, 9.17) is 34.8 Å². The average molecular weight is 364 g/mol. The van der Waals surface area contributed by atoms with E-state index in [9.17, 15) is 8.42 Å². The van der Waals surface area contributed by atoms with Crippen molar-refractivity contribution in [3.8, 4) is 0 Å². The lowest BCUT2D eigenvalue weighted by atomic mass is 10.2. The molecule has 2 aromatic rings. The van der Waals surface area contributed by atoms with Gasteiger partial charge in [-0.2, -0.15) is 13.5 Å². The third kappa shape index (κ3) is 4.35. The highest BCUT2D eigenvalue weighted by atomic mass is 35.5. The van der Waals surface area contributed by atoms with Gasteiger partial charge in [0.2, 0.25) is 0 Å². The highest BCUT2D eigenvalue weighted by Crippen LogP contribution is 2.24. The molecule has 0 aliphatic heterocycles. The molecule has 110 valence electrons. The SMILES string of the molecule is O=S(=O)(N/N=C/c1cccc(Cl)c1)c1ccc(Cl)c(Cl)c1. The van der Waals surface area contributed by atoms with E-state index in [1.54, 1.807) is 24.3 Å². The van der Waals surface area contributed by atoms with Crippen molar-refractivity contribution in [3.63, 3.8) is 0 Å². The number of halogens is 3. The van der Waals surface area contributed by atoms with Gasteiger partial charge in [0.15, 0.2) is 0 Å². The molecule has 0 fully saturated rings. The minimum absolute atomic E-state index is 0.0276. The molecule has 0 atom stereocenters. The number of hydrogen-bond donors (Lipinski definition) is 1. The second-order valence-electron chi connectivity index (χ2n) is 3.98. The van der Waals surface area contributed by atoms with Gasteiger partial charge in [-0.25, -0.2) is 4.83 Å². The van der Waals surface area contributed by atoms with Crippen LogP contribution >= 0.6 is 34.8 Å². The smallest absolute Gasteiger partial charge is 0.200 e. The van der Waals surface area contributed by atoms with Crippen molar-refractivity contribution in [3.05, 3.63) is 63.1 Å². The van der Waals surface area contributed by atoms with E-state index in [0.717, 1.165) is 0 Å². The van der Waals surface area contributed by atoms with Gasteiger partial charge in [-0.3, -0.25) is 0 Å². The van der Waals surface area contributed by atoms with Crippen LogP contribution in [0.4, 0.5) is 0 Å². The fourth-order valence-electron chi connectivity index (χ4n) is 1.45. The zero-order chi connectivity index (χ0) is 15.5. The molecule has 0 aliphatic carbocycles. The molecule has 21 heavy (non-hydrogen) atoms. The molecule has 0 saturated heterocycles. The van der Waals surface area contributed by atoms with Gasteiger partial charge in [-0.1, -0.05) is 46.9 Å². The molecule has 2 rings (SSSR count). The van der Waals surface area contributed by atoms with Crippen LogP contribution in [-0.2, 0) is 10.0 Å². The van der Waals surface area contributed by atoms with Gasteiger partial charge < -0.3 is 0 Å². The summed E-state index contributed by atoms with van der Waals surface area (Å²) in [5.74, 6) is 0. The monoisotopic (exact) mass is 362 g/mol. The van der Waals surface area contributed by atoms with Gasteiger partial charge in [0, 0.05) is 5.02 Å². The van der Waals surface area contributed by atoms with E-state index in [1.165, 1.54) is 24.4 Å². The molecule has 0 radical (unpaired) electrons. The van der Waals surface area contributed by atoms with Crippen molar-refractivity contribution in [2.75, 3.05) is 0 Å². The largest absolute Gasteiger partial charge is 0.276 e. The molecule has 1 N–H and O–H groups in total. The first kappa shape index (κ1) is 16.1. The minimum Gasteiger partial charge on any atom is -0.200 e. The number of rotatable bonds is 4. The Kier molecular flexibility index (Phi) is 5.11. The quantitative estimate of drug-likeness (QED) is 0.660. The summed E-state index contributed by atoms with van der Waals surface area (Å²) in [5.41, 5.74) is 0.666. The van der Waals surface area contributed by atoms with Crippen LogP contribution in [0.1, 0.15) is 5.56 Å². The summed E-state index contributed by atoms with van der Waals surface area (Å²) in [7, 11) is -3.80. The Morgan fingerprint density at radius 3 is 2.43 bits per heavy atom. The summed E-state index contributed by atoms with van der Waals surface area (Å²) in [6, 6.07) is 10.8. The summed E-state index contributed by atoms with van der Waals surface area (Å²) >= 11 is 17.3. The lowest BCUT2D eigenvalue weighted by Gasteiger charge is -2.04. The molecule has 4 nitrogen and oxygen atoms in total. The first-order valence-electron chi connectivity index (χ1n) is 5.64. The first-order chi connectivity index (χ1) is 9.88. The Hall–Kier alpha value is -1.27. The van der Waals surface area contributed by atoms with Crippen LogP contribution in [0.25, 0.3) is 0 Å². The second-order valence-corrected chi connectivity index (χ2v) is 6.90. The normalized spacial score (nSPS) is 11.8. The number of sulfonamides is 1. The van der Waals surface area contributed by atoms with Crippen LogP contribution < -0.4 is 4.83 Å². The summed E-state index contributed by atoms with van der Waals surface area (Å²) in [5, 5.41) is 4.65. The number of nitrogens with one attached hydrogen (secondary N) is 1. The Morgan fingerprint density at radius 1 is 1.00 bits per heavy atom. The van der Waals surface area contributed by atoms with Crippen LogP contribution in [0.5, 0.6) is 0 Å². The highest BCUT2D eigenvalue weighted by molar-refractivity contribution is 7.89. The molecule has 0 heterocycles. The maximum absolute atomic E-state index is 12.0. The summed E-state index contributed by atoms with van der Waals surface area (Å²) in [6.45, 7) is 0. The van der Waals surface area contributed by atoms with Crippen LogP contribution in [0.2, 0.25) is 15.1 Å². The van der Waals surface area contributed by atoms with Gasteiger partial charge in [-0.05, 0) is 35.9 Å². The lowest BCUT2D eigenvalue weighted by molar-refractivity contribution is 0.584. The zero-order valence-corrected chi connectivity index (χ0v) is 13.5. The van der Waals surface area contributed by atoms with E-state index in [-0.39, 0.29) is 14.9 Å². The van der Waals surface area contributed by atoms with Crippen molar-refractivity contribution in [2.45, 2.75) is 4.90 Å². The van der Waals surface area contributed by atoms with E-state index >= 15 is 0 Å². The Balaban J connectivity index is 2.16. The number of hydrogen-bond acceptors (Lipinski definition) is 3. The number of nitrogens with zero attached hydrogens (tertiary/aromatic N) is 1. The van der Waals surface area contributed by atoms with Crippen molar-refractivity contribution in [1.29, 1.82) is 0 Å². The molecule has 0 saturated carbocycles. The van der Waals surface area contributed by atoms with Gasteiger partial charge in [-0.15, -0.1) is 0 Å². The Morgan fingerprint density at radius 2 is 1.76 bits per heavy atom. The predicted octanol–water partition coefficient (Wildman–Crippen LogP) is 3.96. The van der Waals surface area contributed by atoms with E-state index in [1.807, 2.05) is 0 Å². The first-order valence-corrected chi connectivity index (χ1v) is 8.26. The topological polar surface area (TPSA) is 58.5 Å². The lowest BCUT2D eigenvalue weighted by Crippen LogP contribution is -2.18. The molecular formula is C13H9Cl3N2O2S. The Bertz CT molecular complexity index is 792. The minimum atomic E-state index is -3.80. The maximum atomic E-state index is 12.0. The van der Waals surface area contributed by atoms with Crippen LogP contribution in [0.3, 0.4) is 0 Å². The molecule has 0 spiro atoms. The Labute approximate surface area is 137 Å². The van der Waals surface area contributed by atoms with Gasteiger partial charge in [0.25, 0.3) is 10.0 Å². The molecule has 0 bridgehead atoms. The molecular weight excluding hydrogens is 355 g/mol. The molecule has 8 heteroatoms. The van der Waals surface area contributed by atoms with E-state index in [0.29, 0.717) is 10.6 Å². The second kappa shape index (κ2) is 6.66. The zero-order valence-electron chi connectivity index (χ0n) is 10.4. The molecule has 0 aliphatic rings. The molecule has 0 aromatic heterocycles. The van der Waals surface area contributed by atoms with Crippen molar-refractivity contribution < 1.29 is 8.42 Å². The summed E-state index contributed by atoms with van der Waals surface area (Å²) in [6.07, 6.45) is 1.35. The van der Waals surface area contributed by atoms with Crippen molar-refractivity contribution in [2.24, 2.45) is 5.10 Å². The summed E-state index contributed by atoms with van der Waals surface area (Å²) < 4.78 is 24.0. The molecule has 0 unspecified atom stereocenters. The van der Waals surface area contributed by atoms with Crippen LogP contribution in [-0.4, -0.2) is 14.6 Å². The highest BCUT2D eigenvalue weighted by Gasteiger charge is 2.14. The maximum Gasteiger partial charge on any atom is 0.276 e. The van der Waals surface area contributed by atoms with E-state index in [2.05, 4.69) is 9.93 Å². The standard InChI is InChI=1S/C13H9Cl3N2O2S/c14-10-3-1-2-9(6-10)8-17-18-21(19,20)11-4-5-12(15)13(16)7-11/h1-8,18H/b17-8+. The van der Waals surface area contributed by atoms with Gasteiger partial charge in [0.1, 0.15) is 0 Å². The summed E-state index contributed by atoms with van der Waals surface area (Å²) in [4.78, 5) is 2.06. The van der Waals surface area contributed by atoms with Crippen LogP contribution in [0.15, 0.2) is 52.5 Å². The third-order valence-electron chi connectivity index (χ3n) is 2.44. The number of benzene rings is 2. The third-order valence-corrected chi connectivity index (χ3v) is 4.63. The van der Waals surface area contributed by atoms with Crippen molar-refractivity contribution >= 4 is 51.0 Å². The fourth-order valence-corrected chi connectivity index (χ4v) is 2.83. The average Bonchev–Trinajstić information content (AvgIpc) is 2.41. The van der Waals surface area contributed by atoms with Crippen LogP contribution in [0, 0.1) is 0 Å². The predicted molar refractivity (Wildman–Crippen MR) is 85.8 cm³/mol.